The topological polar surface area (TPSA) is 30.5 Å². The van der Waals surface area contributed by atoms with E-state index in [0.717, 1.165) is 18.7 Å². The van der Waals surface area contributed by atoms with E-state index in [2.05, 4.69) is 5.32 Å². The Morgan fingerprint density at radius 1 is 1.18 bits per heavy atom. The molecule has 1 aromatic rings. The molecule has 1 aromatic carbocycles. The monoisotopic (exact) mass is 277 g/mol. The van der Waals surface area contributed by atoms with E-state index in [-0.39, 0.29) is 0 Å². The summed E-state index contributed by atoms with van der Waals surface area (Å²) in [4.78, 5) is 0. The molecule has 0 spiro atoms. The Morgan fingerprint density at radius 2 is 2.00 bits per heavy atom. The van der Waals surface area contributed by atoms with Crippen molar-refractivity contribution in [1.29, 1.82) is 0 Å². The van der Waals surface area contributed by atoms with Gasteiger partial charge in [0.1, 0.15) is 0 Å². The molecule has 0 radical (unpaired) electrons. The maximum atomic E-state index is 6.02. The lowest BCUT2D eigenvalue weighted by Gasteiger charge is -2.09. The number of hydrogen-bond acceptors (Lipinski definition) is 3. The van der Waals surface area contributed by atoms with Gasteiger partial charge >= 0.3 is 0 Å². The van der Waals surface area contributed by atoms with Gasteiger partial charge in [0.05, 0.1) is 22.3 Å². The molecule has 0 fully saturated rings. The number of rotatable bonds is 8. The Kier molecular flexibility index (Phi) is 7.37. The Balaban J connectivity index is 2.16. The fourth-order valence-electron chi connectivity index (χ4n) is 1.31. The van der Waals surface area contributed by atoms with Gasteiger partial charge in [-0.05, 0) is 18.6 Å². The SMILES string of the molecule is COCCCOCCNc1cccc(Cl)c1Cl. The smallest absolute Gasteiger partial charge is 0.0823 e. The number of nitrogens with one attached hydrogen (secondary N) is 1. The summed E-state index contributed by atoms with van der Waals surface area (Å²) in [5.41, 5.74) is 0.833. The minimum atomic E-state index is 0.550. The average molecular weight is 278 g/mol. The molecular weight excluding hydrogens is 261 g/mol. The first-order valence-corrected chi connectivity index (χ1v) is 6.26. The van der Waals surface area contributed by atoms with Crippen LogP contribution in [-0.4, -0.2) is 33.5 Å². The molecule has 0 aliphatic rings. The van der Waals surface area contributed by atoms with Crippen molar-refractivity contribution in [2.75, 3.05) is 38.8 Å². The van der Waals surface area contributed by atoms with E-state index in [1.54, 1.807) is 13.2 Å². The number of anilines is 1. The van der Waals surface area contributed by atoms with Gasteiger partial charge < -0.3 is 14.8 Å². The predicted octanol–water partition coefficient (Wildman–Crippen LogP) is 3.46. The minimum absolute atomic E-state index is 0.550. The zero-order chi connectivity index (χ0) is 12.5. The van der Waals surface area contributed by atoms with Crippen LogP contribution in [0, 0.1) is 0 Å². The van der Waals surface area contributed by atoms with Crippen LogP contribution >= 0.6 is 23.2 Å². The molecule has 5 heteroatoms. The van der Waals surface area contributed by atoms with Gasteiger partial charge in [-0.25, -0.2) is 0 Å². The second-order valence-corrected chi connectivity index (χ2v) is 4.27. The van der Waals surface area contributed by atoms with Gasteiger partial charge in [-0.2, -0.15) is 0 Å². The lowest BCUT2D eigenvalue weighted by molar-refractivity contribution is 0.109. The number of ether oxygens (including phenoxy) is 2. The van der Waals surface area contributed by atoms with Crippen LogP contribution in [0.5, 0.6) is 0 Å². The van der Waals surface area contributed by atoms with Gasteiger partial charge in [0, 0.05) is 26.9 Å². The molecule has 0 aromatic heterocycles. The second kappa shape index (κ2) is 8.59. The van der Waals surface area contributed by atoms with Crippen molar-refractivity contribution in [1.82, 2.24) is 0 Å². The largest absolute Gasteiger partial charge is 0.385 e. The molecular formula is C12H17Cl2NO2. The third-order valence-electron chi connectivity index (χ3n) is 2.15. The zero-order valence-electron chi connectivity index (χ0n) is 9.84. The van der Waals surface area contributed by atoms with Crippen molar-refractivity contribution in [3.63, 3.8) is 0 Å². The lowest BCUT2D eigenvalue weighted by Crippen LogP contribution is -2.11. The summed E-state index contributed by atoms with van der Waals surface area (Å²) < 4.78 is 10.3. The highest BCUT2D eigenvalue weighted by atomic mass is 35.5. The summed E-state index contributed by atoms with van der Waals surface area (Å²) in [6, 6.07) is 5.51. The van der Waals surface area contributed by atoms with Crippen molar-refractivity contribution in [3.05, 3.63) is 28.2 Å². The van der Waals surface area contributed by atoms with Crippen molar-refractivity contribution in [2.45, 2.75) is 6.42 Å². The number of hydrogen-bond donors (Lipinski definition) is 1. The minimum Gasteiger partial charge on any atom is -0.385 e. The van der Waals surface area contributed by atoms with E-state index in [9.17, 15) is 0 Å². The van der Waals surface area contributed by atoms with Crippen molar-refractivity contribution in [2.24, 2.45) is 0 Å². The first kappa shape index (κ1) is 14.6. The first-order chi connectivity index (χ1) is 8.25. The number of benzene rings is 1. The maximum absolute atomic E-state index is 6.02. The first-order valence-electron chi connectivity index (χ1n) is 5.50. The van der Waals surface area contributed by atoms with Crippen LogP contribution in [0.4, 0.5) is 5.69 Å². The van der Waals surface area contributed by atoms with Crippen LogP contribution in [0.3, 0.4) is 0 Å². The van der Waals surface area contributed by atoms with Crippen molar-refractivity contribution < 1.29 is 9.47 Å². The number of methoxy groups -OCH3 is 1. The summed E-state index contributed by atoms with van der Waals surface area (Å²) >= 11 is 11.9. The average Bonchev–Trinajstić information content (AvgIpc) is 2.33. The molecule has 0 heterocycles. The van der Waals surface area contributed by atoms with Gasteiger partial charge in [0.2, 0.25) is 0 Å². The van der Waals surface area contributed by atoms with Gasteiger partial charge in [0.25, 0.3) is 0 Å². The summed E-state index contributed by atoms with van der Waals surface area (Å²) in [5.74, 6) is 0. The Morgan fingerprint density at radius 3 is 2.76 bits per heavy atom. The van der Waals surface area contributed by atoms with E-state index in [4.69, 9.17) is 32.7 Å². The van der Waals surface area contributed by atoms with E-state index in [1.165, 1.54) is 0 Å². The van der Waals surface area contributed by atoms with Crippen LogP contribution in [0.15, 0.2) is 18.2 Å². The summed E-state index contributed by atoms with van der Waals surface area (Å²) in [5, 5.41) is 4.28. The molecule has 0 bridgehead atoms. The van der Waals surface area contributed by atoms with Crippen LogP contribution in [0.1, 0.15) is 6.42 Å². The summed E-state index contributed by atoms with van der Waals surface area (Å²) in [7, 11) is 1.68. The molecule has 0 amide bonds. The molecule has 0 unspecified atom stereocenters. The highest BCUT2D eigenvalue weighted by Crippen LogP contribution is 2.29. The molecule has 0 saturated heterocycles. The van der Waals surface area contributed by atoms with Crippen molar-refractivity contribution >= 4 is 28.9 Å². The number of halogens is 2. The van der Waals surface area contributed by atoms with Gasteiger partial charge in [0.15, 0.2) is 0 Å². The second-order valence-electron chi connectivity index (χ2n) is 3.49. The third kappa shape index (κ3) is 5.59. The van der Waals surface area contributed by atoms with E-state index < -0.39 is 0 Å². The fraction of sp³-hybridized carbons (Fsp3) is 0.500. The predicted molar refractivity (Wildman–Crippen MR) is 72.3 cm³/mol. The van der Waals surface area contributed by atoms with Crippen LogP contribution in [0.2, 0.25) is 10.0 Å². The molecule has 0 aliphatic heterocycles. The Bertz CT molecular complexity index is 334. The van der Waals surface area contributed by atoms with Gasteiger partial charge in [-0.15, -0.1) is 0 Å². The molecule has 96 valence electrons. The van der Waals surface area contributed by atoms with E-state index >= 15 is 0 Å². The van der Waals surface area contributed by atoms with Gasteiger partial charge in [-0.3, -0.25) is 0 Å². The molecule has 17 heavy (non-hydrogen) atoms. The molecule has 0 saturated carbocycles. The Hall–Kier alpha value is -0.480. The van der Waals surface area contributed by atoms with E-state index in [0.29, 0.717) is 29.8 Å². The third-order valence-corrected chi connectivity index (χ3v) is 2.97. The highest BCUT2D eigenvalue weighted by molar-refractivity contribution is 6.43. The summed E-state index contributed by atoms with van der Waals surface area (Å²) in [6.07, 6.45) is 0.911. The summed E-state index contributed by atoms with van der Waals surface area (Å²) in [6.45, 7) is 2.77. The quantitative estimate of drug-likeness (QED) is 0.739. The lowest BCUT2D eigenvalue weighted by atomic mass is 10.3. The highest BCUT2D eigenvalue weighted by Gasteiger charge is 2.02. The van der Waals surface area contributed by atoms with E-state index in [1.807, 2.05) is 12.1 Å². The Labute approximate surface area is 112 Å². The van der Waals surface area contributed by atoms with Crippen molar-refractivity contribution in [3.8, 4) is 0 Å². The van der Waals surface area contributed by atoms with Crippen LogP contribution in [0.25, 0.3) is 0 Å². The zero-order valence-corrected chi connectivity index (χ0v) is 11.4. The normalized spacial score (nSPS) is 10.5. The molecule has 0 aliphatic carbocycles. The molecule has 1 N–H and O–H groups in total. The van der Waals surface area contributed by atoms with Gasteiger partial charge in [-0.1, -0.05) is 29.3 Å². The molecule has 0 atom stereocenters. The molecule has 3 nitrogen and oxygen atoms in total. The van der Waals surface area contributed by atoms with Crippen LogP contribution < -0.4 is 5.32 Å². The maximum Gasteiger partial charge on any atom is 0.0823 e. The van der Waals surface area contributed by atoms with Crippen LogP contribution in [-0.2, 0) is 9.47 Å². The fourth-order valence-corrected chi connectivity index (χ4v) is 1.67. The molecule has 1 rings (SSSR count). The standard InChI is InChI=1S/C12H17Cl2NO2/c1-16-7-3-8-17-9-6-15-11-5-2-4-10(13)12(11)14/h2,4-5,15H,3,6-9H2,1H3.